The lowest BCUT2D eigenvalue weighted by Crippen LogP contribution is -2.13. The number of aryl methyl sites for hydroxylation is 2. The molecule has 10 heterocycles. The SMILES string of the molecule is Cc1ccn(-c2ccc(C(=O)Nc3ccc(C)c(COc4cncc(C(N)=O)c4)c3)cn2)n1.NC(=O)c1cncc(OCc2cc(NC(=O)c3ccc(-c4ccccc4)nc3)ccc2Cl)c1.NC(=O)c1cncc(OCc2cc(NC(=O)c3ccc(-c4ccccc4)nc3)ccc2F)c1.NC(=O)c1cncc(OCc2cc(NC(=O)c3ccc(-c4cccs4)nc3)ccc2F)c1. The summed E-state index contributed by atoms with van der Waals surface area (Å²) in [7, 11) is 0. The highest BCUT2D eigenvalue weighted by atomic mass is 35.5. The van der Waals surface area contributed by atoms with E-state index in [0.29, 0.717) is 72.9 Å². The summed E-state index contributed by atoms with van der Waals surface area (Å²) < 4.78 is 52.6. The second-order valence-electron chi connectivity index (χ2n) is 28.4. The van der Waals surface area contributed by atoms with Crippen LogP contribution in [0, 0.1) is 25.5 Å². The zero-order chi connectivity index (χ0) is 92.3. The van der Waals surface area contributed by atoms with E-state index in [2.05, 4.69) is 66.2 Å². The molecular weight excluding hydrogens is 1710 g/mol. The van der Waals surface area contributed by atoms with Gasteiger partial charge in [0.05, 0.1) is 96.9 Å². The zero-order valence-electron chi connectivity index (χ0n) is 69.5. The highest BCUT2D eigenvalue weighted by molar-refractivity contribution is 7.13. The number of pyridine rings is 8. The molecule has 0 aliphatic carbocycles. The van der Waals surface area contributed by atoms with Crippen LogP contribution in [-0.2, 0) is 26.4 Å². The van der Waals surface area contributed by atoms with Crippen LogP contribution in [0.15, 0.2) is 310 Å². The third-order valence-electron chi connectivity index (χ3n) is 19.0. The van der Waals surface area contributed by atoms with Gasteiger partial charge in [0, 0.05) is 111 Å². The Hall–Kier alpha value is -17.5. The molecule has 30 nitrogen and oxygen atoms in total. The third-order valence-corrected chi connectivity index (χ3v) is 20.3. The fourth-order valence-electron chi connectivity index (χ4n) is 12.1. The number of nitrogens with zero attached hydrogens (tertiary/aromatic N) is 10. The molecule has 0 atom stereocenters. The van der Waals surface area contributed by atoms with Crippen LogP contribution < -0.4 is 63.1 Å². The number of thiophene rings is 1. The maximum atomic E-state index is 14.3. The molecule has 16 rings (SSSR count). The van der Waals surface area contributed by atoms with Crippen LogP contribution in [0.25, 0.3) is 38.9 Å². The maximum absolute atomic E-state index is 14.3. The van der Waals surface area contributed by atoms with Gasteiger partial charge in [-0.3, -0.25) is 73.2 Å². The van der Waals surface area contributed by atoms with E-state index in [9.17, 15) is 47.1 Å². The molecule has 0 spiro atoms. The summed E-state index contributed by atoms with van der Waals surface area (Å²) in [6.07, 6.45) is 19.0. The number of primary amides is 4. The van der Waals surface area contributed by atoms with Gasteiger partial charge >= 0.3 is 0 Å². The van der Waals surface area contributed by atoms with Crippen molar-refractivity contribution in [1.29, 1.82) is 0 Å². The smallest absolute Gasteiger partial charge is 0.257 e. The lowest BCUT2D eigenvalue weighted by molar-refractivity contribution is 0.0991. The molecule has 0 unspecified atom stereocenters. The topological polar surface area (TPSA) is 447 Å². The van der Waals surface area contributed by atoms with E-state index in [1.54, 1.807) is 82.7 Å². The normalized spacial score (nSPS) is 10.5. The first-order valence-corrected chi connectivity index (χ1v) is 40.9. The standard InChI is InChI=1S/C25H19ClN4O3.C25H19FN4O3.C24H22N6O3.C23H17FN4O3S/c2*26-22-8-7-20(10-19(22)15-33-21-11-18(24(27)31)12-28-14-21)30-25(32)17-6-9-23(29-13-17)16-4-2-1-3-5-16;1-15-3-5-20(9-19(15)14-33-21-10-18(23(25)31)11-26-13-21)28-24(32)17-4-6-22(27-12-17)30-8-7-16(2)29-30;24-19-5-4-17(8-16(19)13-31-18-9-15(22(25)29)10-26-12-18)28-23(30)14-3-6-20(27-11-14)21-2-1-7-32-21/h2*1-14H,15H2,(H2,27,31)(H,30,32);3-13H,14H2,1-2H3,(H2,25,31)(H,28,32);1-12H,13H2,(H2,25,29)(H,28,30). The van der Waals surface area contributed by atoms with Crippen LogP contribution in [0.5, 0.6) is 23.0 Å². The number of hydrogen-bond acceptors (Lipinski definition) is 22. The van der Waals surface area contributed by atoms with Crippen molar-refractivity contribution in [3.05, 3.63) is 405 Å². The van der Waals surface area contributed by atoms with E-state index in [-0.39, 0.29) is 94.9 Å². The second kappa shape index (κ2) is 43.9. The van der Waals surface area contributed by atoms with E-state index in [4.69, 9.17) is 53.5 Å². The highest BCUT2D eigenvalue weighted by Crippen LogP contribution is 2.29. The predicted octanol–water partition coefficient (Wildman–Crippen LogP) is 16.4. The lowest BCUT2D eigenvalue weighted by Gasteiger charge is -2.12. The molecule has 0 aliphatic rings. The van der Waals surface area contributed by atoms with Gasteiger partial charge in [-0.25, -0.2) is 18.4 Å². The number of ether oxygens (including phenoxy) is 4. The molecule has 0 radical (unpaired) electrons. The second-order valence-corrected chi connectivity index (χ2v) is 29.8. The Morgan fingerprint density at radius 1 is 0.359 bits per heavy atom. The molecule has 10 aromatic heterocycles. The van der Waals surface area contributed by atoms with Gasteiger partial charge < -0.3 is 63.1 Å². The minimum absolute atomic E-state index is 0.111. The van der Waals surface area contributed by atoms with Crippen molar-refractivity contribution in [3.63, 3.8) is 0 Å². The largest absolute Gasteiger partial charge is 0.487 e. The molecule has 16 aromatic rings. The van der Waals surface area contributed by atoms with Gasteiger partial charge in [-0.1, -0.05) is 84.4 Å². The molecule has 131 heavy (non-hydrogen) atoms. The molecule has 0 bridgehead atoms. The van der Waals surface area contributed by atoms with E-state index >= 15 is 0 Å². The zero-order valence-corrected chi connectivity index (χ0v) is 71.1. The first kappa shape index (κ1) is 91.2. The average Bonchev–Trinajstić information content (AvgIpc) is 1.80. The maximum Gasteiger partial charge on any atom is 0.257 e. The first-order valence-electron chi connectivity index (χ1n) is 39.6. The lowest BCUT2D eigenvalue weighted by atomic mass is 10.1. The fourth-order valence-corrected chi connectivity index (χ4v) is 13.0. The Kier molecular flexibility index (Phi) is 30.6. The van der Waals surface area contributed by atoms with Crippen molar-refractivity contribution in [1.82, 2.24) is 49.7 Å². The van der Waals surface area contributed by atoms with Crippen molar-refractivity contribution in [3.8, 4) is 61.9 Å². The predicted molar refractivity (Wildman–Crippen MR) is 489 cm³/mol. The van der Waals surface area contributed by atoms with Gasteiger partial charge in [0.15, 0.2) is 5.82 Å². The van der Waals surface area contributed by atoms with Crippen LogP contribution >= 0.6 is 22.9 Å². The summed E-state index contributed by atoms with van der Waals surface area (Å²) in [4.78, 5) is 130. The van der Waals surface area contributed by atoms with Gasteiger partial charge in [0.1, 0.15) is 61.1 Å². The summed E-state index contributed by atoms with van der Waals surface area (Å²) in [5.41, 5.74) is 33.5. The monoisotopic (exact) mass is 1790 g/mol. The number of nitrogens with one attached hydrogen (secondary N) is 4. The number of halogens is 3. The average molecular weight is 1790 g/mol. The van der Waals surface area contributed by atoms with Gasteiger partial charge in [-0.2, -0.15) is 5.10 Å². The summed E-state index contributed by atoms with van der Waals surface area (Å²) in [6, 6.07) is 63.9. The summed E-state index contributed by atoms with van der Waals surface area (Å²) in [5.74, 6) is -2.79. The third kappa shape index (κ3) is 25.9. The van der Waals surface area contributed by atoms with Crippen LogP contribution in [-0.4, -0.2) is 96.9 Å². The number of carbonyl (C=O) groups is 8. The first-order chi connectivity index (χ1) is 63.4. The number of carbonyl (C=O) groups excluding carboxylic acids is 8. The number of nitrogens with two attached hydrogens (primary N) is 4. The van der Waals surface area contributed by atoms with Gasteiger partial charge in [-0.05, 0) is 182 Å². The van der Waals surface area contributed by atoms with E-state index in [1.807, 2.05) is 122 Å². The number of amides is 8. The Bertz CT molecular complexity index is 6590. The van der Waals surface area contributed by atoms with Crippen LogP contribution in [0.2, 0.25) is 5.02 Å². The van der Waals surface area contributed by atoms with Crippen molar-refractivity contribution >= 4 is 92.9 Å². The van der Waals surface area contributed by atoms with Crippen LogP contribution in [0.4, 0.5) is 31.5 Å². The van der Waals surface area contributed by atoms with Gasteiger partial charge in [-0.15, -0.1) is 11.3 Å². The molecule has 0 saturated heterocycles. The fraction of sp³-hybridized carbons (Fsp3) is 0.0619. The number of hydrogen-bond donors (Lipinski definition) is 8. The molecular formula is C97H77ClF2N18O12S. The minimum atomic E-state index is -0.643. The van der Waals surface area contributed by atoms with Crippen molar-refractivity contribution in [2.45, 2.75) is 40.3 Å². The Labute approximate surface area is 755 Å². The Morgan fingerprint density at radius 3 is 1.08 bits per heavy atom. The molecule has 6 aromatic carbocycles. The molecule has 34 heteroatoms. The van der Waals surface area contributed by atoms with E-state index in [1.165, 1.54) is 135 Å². The minimum Gasteiger partial charge on any atom is -0.487 e. The molecule has 8 amide bonds. The van der Waals surface area contributed by atoms with E-state index in [0.717, 1.165) is 49.9 Å². The van der Waals surface area contributed by atoms with Crippen molar-refractivity contribution < 1.29 is 66.1 Å². The summed E-state index contributed by atoms with van der Waals surface area (Å²) >= 11 is 7.84. The van der Waals surface area contributed by atoms with Crippen LogP contribution in [0.1, 0.15) is 116 Å². The van der Waals surface area contributed by atoms with Crippen LogP contribution in [0.3, 0.4) is 0 Å². The molecule has 0 saturated carbocycles. The number of aromatic nitrogens is 10. The van der Waals surface area contributed by atoms with Crippen molar-refractivity contribution in [2.24, 2.45) is 22.9 Å². The molecule has 0 aliphatic heterocycles. The molecule has 654 valence electrons. The number of rotatable bonds is 28. The van der Waals surface area contributed by atoms with Gasteiger partial charge in [0.2, 0.25) is 23.6 Å². The van der Waals surface area contributed by atoms with Crippen molar-refractivity contribution in [2.75, 3.05) is 21.3 Å². The number of anilines is 4. The molecule has 12 N–H and O–H groups in total. The quantitative estimate of drug-likeness (QED) is 0.0226. The summed E-state index contributed by atoms with van der Waals surface area (Å²) in [5, 5.41) is 17.9. The van der Waals surface area contributed by atoms with Gasteiger partial charge in [0.25, 0.3) is 23.6 Å². The molecule has 0 fully saturated rings. The number of benzene rings is 6. The Morgan fingerprint density at radius 2 is 0.718 bits per heavy atom. The summed E-state index contributed by atoms with van der Waals surface area (Å²) in [6.45, 7) is 3.93. The van der Waals surface area contributed by atoms with E-state index < -0.39 is 35.3 Å². The highest BCUT2D eigenvalue weighted by Gasteiger charge is 2.19. The Balaban J connectivity index is 0.000000149.